The number of unbranched alkanes of at least 4 members (excludes halogenated alkanes) is 9. The fourth-order valence-electron chi connectivity index (χ4n) is 4.31. The molecule has 1 aromatic heterocycles. The lowest BCUT2D eigenvalue weighted by atomic mass is 10.1. The van der Waals surface area contributed by atoms with Crippen LogP contribution in [0.5, 0.6) is 0 Å². The summed E-state index contributed by atoms with van der Waals surface area (Å²) in [6, 6.07) is 22.5. The van der Waals surface area contributed by atoms with Crippen molar-refractivity contribution in [2.75, 3.05) is 13.1 Å². The maximum Gasteiger partial charge on any atom is 0.154 e. The number of pyridine rings is 1. The van der Waals surface area contributed by atoms with Crippen LogP contribution in [0.2, 0.25) is 0 Å². The third kappa shape index (κ3) is 13.4. The lowest BCUT2D eigenvalue weighted by Gasteiger charge is -2.02. The second-order valence-corrected chi connectivity index (χ2v) is 10.2. The Morgan fingerprint density at radius 1 is 0.525 bits per heavy atom. The zero-order chi connectivity index (χ0) is 28.1. The highest BCUT2D eigenvalue weighted by Crippen LogP contribution is 2.15. The SMILES string of the molecule is CC=Nc1cccc(N=Cc2ccc(C=NCCCCCCCCCCCCN=Cc3ccc(C)cc3)cc2)n1. The van der Waals surface area contributed by atoms with Gasteiger partial charge in [0.05, 0.1) is 0 Å². The summed E-state index contributed by atoms with van der Waals surface area (Å²) < 4.78 is 0. The predicted molar refractivity (Wildman–Crippen MR) is 174 cm³/mol. The molecule has 5 heteroatoms. The molecule has 3 rings (SSSR count). The van der Waals surface area contributed by atoms with Crippen molar-refractivity contribution in [2.45, 2.75) is 78.1 Å². The molecule has 0 N–H and O–H groups in total. The average Bonchev–Trinajstić information content (AvgIpc) is 2.98. The number of hydrogen-bond donors (Lipinski definition) is 0. The summed E-state index contributed by atoms with van der Waals surface area (Å²) in [6.45, 7) is 5.83. The van der Waals surface area contributed by atoms with Gasteiger partial charge in [-0.1, -0.05) is 112 Å². The Bertz CT molecular complexity index is 1210. The molecule has 210 valence electrons. The quantitative estimate of drug-likeness (QED) is 0.118. The third-order valence-corrected chi connectivity index (χ3v) is 6.65. The maximum atomic E-state index is 4.61. The van der Waals surface area contributed by atoms with Gasteiger partial charge in [-0.2, -0.15) is 0 Å². The molecule has 0 unspecified atom stereocenters. The molecule has 0 saturated carbocycles. The standard InChI is InChI=1S/C35H45N5/c1-3-38-34-15-14-16-35(40-34)39-29-33-23-21-32(22-24-33)28-37-26-13-11-9-7-5-4-6-8-10-12-25-36-27-31-19-17-30(2)18-20-31/h3,14-24,27-29H,4-13,25-26H2,1-2H3. The zero-order valence-corrected chi connectivity index (χ0v) is 24.4. The van der Waals surface area contributed by atoms with Gasteiger partial charge in [-0.25, -0.2) is 15.0 Å². The van der Waals surface area contributed by atoms with Gasteiger partial charge in [-0.3, -0.25) is 9.98 Å². The van der Waals surface area contributed by atoms with Crippen molar-refractivity contribution >= 4 is 36.5 Å². The Kier molecular flexibility index (Phi) is 14.9. The summed E-state index contributed by atoms with van der Waals surface area (Å²) in [4.78, 5) is 22.2. The lowest BCUT2D eigenvalue weighted by molar-refractivity contribution is 0.555. The number of nitrogens with zero attached hydrogens (tertiary/aromatic N) is 5. The van der Waals surface area contributed by atoms with E-state index in [0.717, 1.165) is 24.2 Å². The maximum absolute atomic E-state index is 4.61. The lowest BCUT2D eigenvalue weighted by Crippen LogP contribution is -1.88. The molecule has 5 nitrogen and oxygen atoms in total. The first-order valence-electron chi connectivity index (χ1n) is 14.9. The minimum atomic E-state index is 0.653. The monoisotopic (exact) mass is 535 g/mol. The van der Waals surface area contributed by atoms with Crippen LogP contribution in [-0.2, 0) is 0 Å². The van der Waals surface area contributed by atoms with Crippen LogP contribution in [0.3, 0.4) is 0 Å². The summed E-state index contributed by atoms with van der Waals surface area (Å²) in [5.41, 5.74) is 4.64. The molecule has 0 spiro atoms. The first-order valence-corrected chi connectivity index (χ1v) is 14.9. The van der Waals surface area contributed by atoms with E-state index in [1.165, 1.54) is 75.3 Å². The molecule has 0 aliphatic carbocycles. The van der Waals surface area contributed by atoms with E-state index >= 15 is 0 Å². The molecule has 0 fully saturated rings. The van der Waals surface area contributed by atoms with E-state index in [1.54, 1.807) is 6.21 Å². The molecular weight excluding hydrogens is 490 g/mol. The van der Waals surface area contributed by atoms with Crippen molar-refractivity contribution in [2.24, 2.45) is 20.0 Å². The van der Waals surface area contributed by atoms with E-state index in [9.17, 15) is 0 Å². The fourth-order valence-corrected chi connectivity index (χ4v) is 4.31. The number of aliphatic imine (C=N–C) groups is 4. The van der Waals surface area contributed by atoms with E-state index in [1.807, 2.05) is 43.8 Å². The molecule has 0 radical (unpaired) electrons. The summed E-state index contributed by atoms with van der Waals surface area (Å²) in [5.74, 6) is 1.32. The van der Waals surface area contributed by atoms with Crippen LogP contribution >= 0.6 is 0 Å². The summed E-state index contributed by atoms with van der Waals surface area (Å²) >= 11 is 0. The summed E-state index contributed by atoms with van der Waals surface area (Å²) in [6.07, 6.45) is 20.5. The average molecular weight is 536 g/mol. The van der Waals surface area contributed by atoms with Crippen LogP contribution < -0.4 is 0 Å². The van der Waals surface area contributed by atoms with Crippen molar-refractivity contribution in [1.29, 1.82) is 0 Å². The van der Waals surface area contributed by atoms with E-state index in [0.29, 0.717) is 11.6 Å². The second-order valence-electron chi connectivity index (χ2n) is 10.2. The minimum absolute atomic E-state index is 0.653. The molecule has 1 heterocycles. The first kappa shape index (κ1) is 30.8. The first-order chi connectivity index (χ1) is 19.7. The normalized spacial score (nSPS) is 12.1. The Morgan fingerprint density at radius 2 is 0.950 bits per heavy atom. The molecule has 0 aliphatic heterocycles. The van der Waals surface area contributed by atoms with Crippen molar-refractivity contribution in [3.05, 3.63) is 89.0 Å². The van der Waals surface area contributed by atoms with Crippen LogP contribution in [0, 0.1) is 6.92 Å². The van der Waals surface area contributed by atoms with Gasteiger partial charge in [0.25, 0.3) is 0 Å². The Labute approximate surface area is 241 Å². The molecular formula is C35H45N5. The highest BCUT2D eigenvalue weighted by molar-refractivity contribution is 5.85. The fraction of sp³-hybridized carbons (Fsp3) is 0.400. The van der Waals surface area contributed by atoms with Gasteiger partial charge < -0.3 is 0 Å². The van der Waals surface area contributed by atoms with Crippen LogP contribution in [0.1, 0.15) is 93.4 Å². The van der Waals surface area contributed by atoms with Gasteiger partial charge in [0.2, 0.25) is 0 Å². The molecule has 0 aliphatic rings. The zero-order valence-electron chi connectivity index (χ0n) is 24.4. The summed E-state index contributed by atoms with van der Waals surface area (Å²) in [7, 11) is 0. The van der Waals surface area contributed by atoms with Crippen molar-refractivity contribution in [3.63, 3.8) is 0 Å². The van der Waals surface area contributed by atoms with E-state index in [4.69, 9.17) is 0 Å². The van der Waals surface area contributed by atoms with Crippen molar-refractivity contribution in [3.8, 4) is 0 Å². The number of hydrogen-bond acceptors (Lipinski definition) is 5. The summed E-state index contributed by atoms with van der Waals surface area (Å²) in [5, 5.41) is 0. The van der Waals surface area contributed by atoms with Gasteiger partial charge in [0, 0.05) is 37.9 Å². The molecule has 0 saturated heterocycles. The van der Waals surface area contributed by atoms with Gasteiger partial charge in [-0.15, -0.1) is 0 Å². The number of rotatable bonds is 18. The second kappa shape index (κ2) is 19.3. The van der Waals surface area contributed by atoms with Gasteiger partial charge in [-0.05, 0) is 55.5 Å². The third-order valence-electron chi connectivity index (χ3n) is 6.65. The van der Waals surface area contributed by atoms with Crippen molar-refractivity contribution in [1.82, 2.24) is 4.98 Å². The molecule has 0 bridgehead atoms. The smallest absolute Gasteiger partial charge is 0.154 e. The number of aromatic nitrogens is 1. The Morgan fingerprint density at radius 3 is 1.45 bits per heavy atom. The highest BCUT2D eigenvalue weighted by Gasteiger charge is 1.96. The van der Waals surface area contributed by atoms with E-state index in [-0.39, 0.29) is 0 Å². The Balaban J connectivity index is 1.15. The van der Waals surface area contributed by atoms with Crippen molar-refractivity contribution < 1.29 is 0 Å². The molecule has 0 amide bonds. The van der Waals surface area contributed by atoms with Gasteiger partial charge in [0.15, 0.2) is 11.6 Å². The number of benzene rings is 2. The Hall–Kier alpha value is -3.73. The topological polar surface area (TPSA) is 62.3 Å². The van der Waals surface area contributed by atoms with Gasteiger partial charge in [0.1, 0.15) is 0 Å². The van der Waals surface area contributed by atoms with Crippen LogP contribution in [0.15, 0.2) is 86.7 Å². The van der Waals surface area contributed by atoms with Crippen LogP contribution in [0.25, 0.3) is 0 Å². The highest BCUT2D eigenvalue weighted by atomic mass is 15.0. The largest absolute Gasteiger partial charge is 0.293 e. The molecule has 2 aromatic carbocycles. The molecule has 0 atom stereocenters. The molecule has 40 heavy (non-hydrogen) atoms. The van der Waals surface area contributed by atoms with E-state index < -0.39 is 0 Å². The van der Waals surface area contributed by atoms with Gasteiger partial charge >= 0.3 is 0 Å². The van der Waals surface area contributed by atoms with Crippen LogP contribution in [-0.4, -0.2) is 42.9 Å². The molecule has 3 aromatic rings. The predicted octanol–water partition coefficient (Wildman–Crippen LogP) is 9.30. The minimum Gasteiger partial charge on any atom is -0.293 e. The van der Waals surface area contributed by atoms with E-state index in [2.05, 4.69) is 80.4 Å². The van der Waals surface area contributed by atoms with Crippen LogP contribution in [0.4, 0.5) is 11.6 Å². The number of aryl methyl sites for hydroxylation is 1.